The van der Waals surface area contributed by atoms with Crippen molar-refractivity contribution in [2.24, 2.45) is 4.99 Å². The first-order valence-corrected chi connectivity index (χ1v) is 8.25. The van der Waals surface area contributed by atoms with Crippen LogP contribution in [0, 0.1) is 6.92 Å². The molecule has 3 rings (SSSR count). The summed E-state index contributed by atoms with van der Waals surface area (Å²) in [5.74, 6) is -0.689. The smallest absolute Gasteiger partial charge is 0.338 e. The number of ether oxygens (including phenoxy) is 1. The number of aliphatic imine (C=N–C) groups is 1. The second-order valence-corrected chi connectivity index (χ2v) is 6.44. The highest BCUT2D eigenvalue weighted by Gasteiger charge is 2.29. The van der Waals surface area contributed by atoms with Crippen LogP contribution in [0.15, 0.2) is 41.4 Å². The average molecular weight is 357 g/mol. The lowest BCUT2D eigenvalue weighted by molar-refractivity contribution is -0.110. The Morgan fingerprint density at radius 2 is 1.84 bits per heavy atom. The number of carbonyl (C=O) groups is 2. The summed E-state index contributed by atoms with van der Waals surface area (Å²) in [5, 5.41) is 3.27. The number of fused-ring (bicyclic) bond motifs is 1. The van der Waals surface area contributed by atoms with Crippen LogP contribution in [0.1, 0.15) is 35.3 Å². The third-order valence-corrected chi connectivity index (χ3v) is 4.05. The highest BCUT2D eigenvalue weighted by atomic mass is 35.5. The van der Waals surface area contributed by atoms with Gasteiger partial charge in [0.2, 0.25) is 0 Å². The number of nitrogens with zero attached hydrogens (tertiary/aromatic N) is 1. The van der Waals surface area contributed by atoms with Gasteiger partial charge in [-0.2, -0.15) is 0 Å². The highest BCUT2D eigenvalue weighted by molar-refractivity contribution is 6.57. The number of rotatable bonds is 3. The van der Waals surface area contributed by atoms with Crippen LogP contribution in [0.3, 0.4) is 0 Å². The number of hydrogen-bond donors (Lipinski definition) is 1. The van der Waals surface area contributed by atoms with Gasteiger partial charge < -0.3 is 10.1 Å². The highest BCUT2D eigenvalue weighted by Crippen LogP contribution is 2.34. The van der Waals surface area contributed by atoms with E-state index in [1.54, 1.807) is 44.2 Å². The summed E-state index contributed by atoms with van der Waals surface area (Å²) in [4.78, 5) is 28.5. The van der Waals surface area contributed by atoms with Crippen LogP contribution < -0.4 is 5.32 Å². The molecule has 0 spiro atoms. The van der Waals surface area contributed by atoms with Crippen LogP contribution in [0.25, 0.3) is 0 Å². The van der Waals surface area contributed by atoms with Gasteiger partial charge in [-0.25, -0.2) is 9.79 Å². The van der Waals surface area contributed by atoms with Crippen molar-refractivity contribution in [3.05, 3.63) is 58.1 Å². The predicted octanol–water partition coefficient (Wildman–Crippen LogP) is 4.29. The maximum atomic E-state index is 12.3. The molecule has 1 aliphatic rings. The topological polar surface area (TPSA) is 67.8 Å². The van der Waals surface area contributed by atoms with Gasteiger partial charge >= 0.3 is 5.97 Å². The third kappa shape index (κ3) is 3.42. The van der Waals surface area contributed by atoms with Crippen molar-refractivity contribution in [2.45, 2.75) is 26.9 Å². The Kier molecular flexibility index (Phi) is 4.59. The summed E-state index contributed by atoms with van der Waals surface area (Å²) in [5.41, 5.74) is 3.47. The maximum Gasteiger partial charge on any atom is 0.338 e. The number of halogens is 1. The van der Waals surface area contributed by atoms with Crippen LogP contribution in [-0.2, 0) is 9.53 Å². The lowest BCUT2D eigenvalue weighted by Gasteiger charge is -2.07. The van der Waals surface area contributed by atoms with E-state index in [0.29, 0.717) is 27.5 Å². The average Bonchev–Trinajstić information content (AvgIpc) is 2.89. The summed E-state index contributed by atoms with van der Waals surface area (Å²) in [6, 6.07) is 10.2. The van der Waals surface area contributed by atoms with Gasteiger partial charge in [-0.15, -0.1) is 0 Å². The van der Waals surface area contributed by atoms with Gasteiger partial charge in [-0.1, -0.05) is 17.7 Å². The van der Waals surface area contributed by atoms with Crippen molar-refractivity contribution in [1.29, 1.82) is 0 Å². The van der Waals surface area contributed by atoms with Crippen LogP contribution in [-0.4, -0.2) is 23.7 Å². The van der Waals surface area contributed by atoms with E-state index < -0.39 is 5.97 Å². The summed E-state index contributed by atoms with van der Waals surface area (Å²) in [6.07, 6.45) is -0.184. The molecule has 0 aromatic heterocycles. The zero-order valence-corrected chi connectivity index (χ0v) is 14.8. The number of anilines is 1. The van der Waals surface area contributed by atoms with E-state index in [9.17, 15) is 9.59 Å². The molecular formula is C19H17ClN2O3. The first kappa shape index (κ1) is 17.2. The maximum absolute atomic E-state index is 12.3. The largest absolute Gasteiger partial charge is 0.459 e. The molecule has 1 N–H and O–H groups in total. The fraction of sp³-hybridized carbons (Fsp3) is 0.211. The standard InChI is InChI=1S/C19H17ClN2O3/c1-10(2)25-19(24)12-5-7-13(8-6-12)21-17-15-14(20)9-4-11(3)16(15)22-18(17)23/h4-10H,1-3H3,(H,21,22,23). The Bertz CT molecular complexity index is 886. The molecule has 6 heteroatoms. The normalized spacial score (nSPS) is 14.6. The minimum absolute atomic E-state index is 0.184. The molecule has 2 aromatic rings. The molecule has 5 nitrogen and oxygen atoms in total. The lowest BCUT2D eigenvalue weighted by Crippen LogP contribution is -2.14. The molecule has 0 aliphatic carbocycles. The fourth-order valence-corrected chi connectivity index (χ4v) is 2.80. The van der Waals surface area contributed by atoms with Crippen molar-refractivity contribution >= 4 is 40.6 Å². The third-order valence-electron chi connectivity index (χ3n) is 3.74. The first-order valence-electron chi connectivity index (χ1n) is 7.87. The number of benzene rings is 2. The minimum Gasteiger partial charge on any atom is -0.459 e. The van der Waals surface area contributed by atoms with Crippen molar-refractivity contribution in [3.8, 4) is 0 Å². The number of hydrogen-bond acceptors (Lipinski definition) is 4. The molecule has 2 aromatic carbocycles. The molecule has 1 amide bonds. The number of nitrogens with one attached hydrogen (secondary N) is 1. The van der Waals surface area contributed by atoms with E-state index in [0.717, 1.165) is 5.56 Å². The number of carbonyl (C=O) groups excluding carboxylic acids is 2. The van der Waals surface area contributed by atoms with Crippen LogP contribution >= 0.6 is 11.6 Å². The molecule has 0 saturated heterocycles. The Labute approximate surface area is 150 Å². The fourth-order valence-electron chi connectivity index (χ4n) is 2.55. The lowest BCUT2D eigenvalue weighted by atomic mass is 10.1. The first-order chi connectivity index (χ1) is 11.9. The Hall–Kier alpha value is -2.66. The van der Waals surface area contributed by atoms with E-state index in [1.165, 1.54) is 0 Å². The van der Waals surface area contributed by atoms with Crippen LogP contribution in [0.4, 0.5) is 11.4 Å². The molecule has 0 saturated carbocycles. The van der Waals surface area contributed by atoms with E-state index >= 15 is 0 Å². The Morgan fingerprint density at radius 1 is 1.16 bits per heavy atom. The van der Waals surface area contributed by atoms with Crippen molar-refractivity contribution < 1.29 is 14.3 Å². The van der Waals surface area contributed by atoms with E-state index in [2.05, 4.69) is 10.3 Å². The molecule has 1 aliphatic heterocycles. The Balaban J connectivity index is 1.94. The summed E-state index contributed by atoms with van der Waals surface area (Å²) < 4.78 is 5.15. The van der Waals surface area contributed by atoms with Gasteiger partial charge in [0.25, 0.3) is 5.91 Å². The molecule has 0 atom stereocenters. The van der Waals surface area contributed by atoms with Gasteiger partial charge in [-0.05, 0) is 56.7 Å². The van der Waals surface area contributed by atoms with E-state index in [-0.39, 0.29) is 17.7 Å². The molecule has 0 fully saturated rings. The predicted molar refractivity (Wildman–Crippen MR) is 98.0 cm³/mol. The SMILES string of the molecule is Cc1ccc(Cl)c2c1NC(=O)C2=Nc1ccc(C(=O)OC(C)C)cc1. The zero-order valence-electron chi connectivity index (χ0n) is 14.1. The van der Waals surface area contributed by atoms with Gasteiger partial charge in [0.15, 0.2) is 0 Å². The molecule has 0 unspecified atom stereocenters. The number of esters is 1. The van der Waals surface area contributed by atoms with Gasteiger partial charge in [0.1, 0.15) is 5.71 Å². The molecule has 25 heavy (non-hydrogen) atoms. The summed E-state index contributed by atoms with van der Waals surface area (Å²) in [7, 11) is 0. The second kappa shape index (κ2) is 6.69. The molecular weight excluding hydrogens is 340 g/mol. The van der Waals surface area contributed by atoms with Crippen LogP contribution in [0.2, 0.25) is 5.02 Å². The van der Waals surface area contributed by atoms with Crippen molar-refractivity contribution in [1.82, 2.24) is 0 Å². The molecule has 0 bridgehead atoms. The minimum atomic E-state index is -0.392. The monoisotopic (exact) mass is 356 g/mol. The number of aryl methyl sites for hydroxylation is 1. The quantitative estimate of drug-likeness (QED) is 0.834. The second-order valence-electron chi connectivity index (χ2n) is 6.03. The van der Waals surface area contributed by atoms with E-state index in [4.69, 9.17) is 16.3 Å². The number of amides is 1. The van der Waals surface area contributed by atoms with E-state index in [1.807, 2.05) is 13.0 Å². The van der Waals surface area contributed by atoms with Crippen molar-refractivity contribution in [3.63, 3.8) is 0 Å². The summed E-state index contributed by atoms with van der Waals surface area (Å²) in [6.45, 7) is 5.48. The van der Waals surface area contributed by atoms with Gasteiger partial charge in [0.05, 0.1) is 28.1 Å². The molecule has 128 valence electrons. The molecule has 0 radical (unpaired) electrons. The van der Waals surface area contributed by atoms with Gasteiger partial charge in [0, 0.05) is 5.56 Å². The summed E-state index contributed by atoms with van der Waals surface area (Å²) >= 11 is 6.25. The molecule has 1 heterocycles. The Morgan fingerprint density at radius 3 is 2.48 bits per heavy atom. The van der Waals surface area contributed by atoms with Crippen molar-refractivity contribution in [2.75, 3.05) is 5.32 Å². The zero-order chi connectivity index (χ0) is 18.1. The van der Waals surface area contributed by atoms with Crippen LogP contribution in [0.5, 0.6) is 0 Å². The van der Waals surface area contributed by atoms with Gasteiger partial charge in [-0.3, -0.25) is 4.79 Å².